The van der Waals surface area contributed by atoms with Crippen LogP contribution in [0.5, 0.6) is 0 Å². The Hall–Kier alpha value is -0.660. The van der Waals surface area contributed by atoms with Crippen molar-refractivity contribution in [3.8, 4) is 0 Å². The van der Waals surface area contributed by atoms with Gasteiger partial charge in [-0.2, -0.15) is 17.4 Å². The van der Waals surface area contributed by atoms with Crippen LogP contribution < -0.4 is 4.72 Å². The summed E-state index contributed by atoms with van der Waals surface area (Å²) in [6, 6.07) is 0. The van der Waals surface area contributed by atoms with E-state index in [2.05, 4.69) is 9.46 Å². The average molecular weight is 278 g/mol. The number of esters is 1. The Morgan fingerprint density at radius 3 is 2.56 bits per heavy atom. The van der Waals surface area contributed by atoms with Crippen LogP contribution in [-0.2, 0) is 19.7 Å². The zero-order valence-electron chi connectivity index (χ0n) is 11.4. The number of ether oxygens (including phenoxy) is 1. The smallest absolute Gasteiger partial charge is 0.326 e. The quantitative estimate of drug-likeness (QED) is 0.760. The summed E-state index contributed by atoms with van der Waals surface area (Å²) in [6.45, 7) is 5.99. The maximum Gasteiger partial charge on any atom is 0.326 e. The van der Waals surface area contributed by atoms with E-state index < -0.39 is 21.7 Å². The monoisotopic (exact) mass is 278 g/mol. The van der Waals surface area contributed by atoms with Crippen LogP contribution in [0.25, 0.3) is 0 Å². The van der Waals surface area contributed by atoms with Crippen molar-refractivity contribution in [3.63, 3.8) is 0 Å². The molecule has 7 heteroatoms. The number of rotatable bonds is 4. The molecule has 18 heavy (non-hydrogen) atoms. The van der Waals surface area contributed by atoms with Gasteiger partial charge in [0.05, 0.1) is 7.11 Å². The molecule has 0 amide bonds. The van der Waals surface area contributed by atoms with E-state index >= 15 is 0 Å². The first-order valence-electron chi connectivity index (χ1n) is 6.06. The molecule has 0 spiro atoms. The van der Waals surface area contributed by atoms with Crippen LogP contribution in [0.2, 0.25) is 0 Å². The third-order valence-electron chi connectivity index (χ3n) is 3.04. The Morgan fingerprint density at radius 2 is 2.06 bits per heavy atom. The summed E-state index contributed by atoms with van der Waals surface area (Å²) in [5, 5.41) is 0. The van der Waals surface area contributed by atoms with E-state index in [0.717, 1.165) is 12.8 Å². The van der Waals surface area contributed by atoms with Gasteiger partial charge in [-0.1, -0.05) is 6.92 Å². The van der Waals surface area contributed by atoms with Gasteiger partial charge < -0.3 is 4.74 Å². The Balaban J connectivity index is 2.78. The minimum atomic E-state index is -3.65. The molecule has 0 saturated carbocycles. The second kappa shape index (κ2) is 5.54. The molecule has 1 heterocycles. The van der Waals surface area contributed by atoms with Crippen molar-refractivity contribution in [1.82, 2.24) is 9.03 Å². The maximum absolute atomic E-state index is 12.2. The average Bonchev–Trinajstić information content (AvgIpc) is 2.26. The van der Waals surface area contributed by atoms with Crippen LogP contribution in [0.4, 0.5) is 0 Å². The van der Waals surface area contributed by atoms with E-state index in [1.165, 1.54) is 25.3 Å². The van der Waals surface area contributed by atoms with Crippen molar-refractivity contribution in [2.75, 3.05) is 20.2 Å². The number of nitrogens with zero attached hydrogens (tertiary/aromatic N) is 1. The lowest BCUT2D eigenvalue weighted by Crippen LogP contribution is -2.56. The van der Waals surface area contributed by atoms with Gasteiger partial charge >= 0.3 is 5.97 Å². The van der Waals surface area contributed by atoms with E-state index in [-0.39, 0.29) is 0 Å². The molecule has 1 N–H and O–H groups in total. The topological polar surface area (TPSA) is 75.7 Å². The number of nitrogens with one attached hydrogen (secondary N) is 1. The van der Waals surface area contributed by atoms with Crippen molar-refractivity contribution < 1.29 is 17.9 Å². The lowest BCUT2D eigenvalue weighted by Gasteiger charge is -2.33. The first-order chi connectivity index (χ1) is 8.19. The number of carbonyl (C=O) groups is 1. The molecule has 1 aliphatic rings. The van der Waals surface area contributed by atoms with Gasteiger partial charge in [-0.25, -0.2) is 0 Å². The van der Waals surface area contributed by atoms with E-state index in [1.807, 2.05) is 6.92 Å². The lowest BCUT2D eigenvalue weighted by atomic mass is 10.0. The van der Waals surface area contributed by atoms with Crippen LogP contribution in [-0.4, -0.2) is 44.4 Å². The van der Waals surface area contributed by atoms with Crippen molar-refractivity contribution in [2.24, 2.45) is 5.92 Å². The molecule has 1 saturated heterocycles. The second-order valence-corrected chi connectivity index (χ2v) is 7.00. The number of piperidine rings is 1. The van der Waals surface area contributed by atoms with Gasteiger partial charge in [-0.3, -0.25) is 4.79 Å². The lowest BCUT2D eigenvalue weighted by molar-refractivity contribution is -0.146. The van der Waals surface area contributed by atoms with Gasteiger partial charge in [0.2, 0.25) is 0 Å². The molecule has 0 radical (unpaired) electrons. The van der Waals surface area contributed by atoms with E-state index in [0.29, 0.717) is 19.0 Å². The summed E-state index contributed by atoms with van der Waals surface area (Å²) < 4.78 is 32.7. The molecule has 1 unspecified atom stereocenters. The summed E-state index contributed by atoms with van der Waals surface area (Å²) in [6.07, 6.45) is 1.88. The third kappa shape index (κ3) is 3.66. The molecule has 0 bridgehead atoms. The minimum Gasteiger partial charge on any atom is -0.468 e. The molecule has 1 aliphatic heterocycles. The minimum absolute atomic E-state index is 0.344. The van der Waals surface area contributed by atoms with Gasteiger partial charge in [-0.05, 0) is 32.6 Å². The summed E-state index contributed by atoms with van der Waals surface area (Å²) in [5.74, 6) is -0.257. The fourth-order valence-electron chi connectivity index (χ4n) is 2.05. The van der Waals surface area contributed by atoms with Gasteiger partial charge in [0.25, 0.3) is 10.2 Å². The number of methoxy groups -OCH3 is 1. The van der Waals surface area contributed by atoms with E-state index in [4.69, 9.17) is 0 Å². The van der Waals surface area contributed by atoms with Crippen molar-refractivity contribution >= 4 is 16.2 Å². The molecule has 106 valence electrons. The zero-order valence-corrected chi connectivity index (χ0v) is 12.2. The molecule has 0 aromatic heterocycles. The van der Waals surface area contributed by atoms with Gasteiger partial charge in [0, 0.05) is 13.1 Å². The molecule has 6 nitrogen and oxygen atoms in total. The molecule has 0 aliphatic carbocycles. The van der Waals surface area contributed by atoms with Crippen LogP contribution >= 0.6 is 0 Å². The molecular weight excluding hydrogens is 256 g/mol. The fourth-order valence-corrected chi connectivity index (χ4v) is 3.73. The highest BCUT2D eigenvalue weighted by Crippen LogP contribution is 2.19. The zero-order chi connectivity index (χ0) is 14.0. The van der Waals surface area contributed by atoms with Crippen molar-refractivity contribution in [1.29, 1.82) is 0 Å². The molecule has 1 rings (SSSR count). The third-order valence-corrected chi connectivity index (χ3v) is 4.82. The highest BCUT2D eigenvalue weighted by molar-refractivity contribution is 7.87. The van der Waals surface area contributed by atoms with Crippen LogP contribution in [0, 0.1) is 5.92 Å². The first-order valence-corrected chi connectivity index (χ1v) is 7.50. The van der Waals surface area contributed by atoms with Gasteiger partial charge in [-0.15, -0.1) is 0 Å². The number of carbonyl (C=O) groups excluding carboxylic acids is 1. The van der Waals surface area contributed by atoms with Crippen molar-refractivity contribution in [2.45, 2.75) is 39.2 Å². The van der Waals surface area contributed by atoms with Gasteiger partial charge in [0.1, 0.15) is 5.54 Å². The first kappa shape index (κ1) is 15.4. The Bertz CT molecular complexity index is 405. The summed E-state index contributed by atoms with van der Waals surface area (Å²) >= 11 is 0. The Labute approximate surface area is 109 Å². The summed E-state index contributed by atoms with van der Waals surface area (Å²) in [4.78, 5) is 11.5. The summed E-state index contributed by atoms with van der Waals surface area (Å²) in [7, 11) is -2.41. The van der Waals surface area contributed by atoms with E-state index in [9.17, 15) is 13.2 Å². The summed E-state index contributed by atoms with van der Waals surface area (Å²) in [5.41, 5.74) is -1.26. The largest absolute Gasteiger partial charge is 0.468 e. The van der Waals surface area contributed by atoms with E-state index in [1.54, 1.807) is 0 Å². The normalized spacial score (nSPS) is 22.8. The van der Waals surface area contributed by atoms with Crippen LogP contribution in [0.15, 0.2) is 0 Å². The van der Waals surface area contributed by atoms with Gasteiger partial charge in [0.15, 0.2) is 0 Å². The fraction of sp³-hybridized carbons (Fsp3) is 0.909. The molecular formula is C11H22N2O4S. The Morgan fingerprint density at radius 1 is 1.44 bits per heavy atom. The molecule has 0 aromatic carbocycles. The highest BCUT2D eigenvalue weighted by atomic mass is 32.2. The standard InChI is InChI=1S/C11H22N2O4S/c1-9-6-5-7-13(8-9)18(15,16)12-11(2,3)10(14)17-4/h9,12H,5-8H2,1-4H3. The predicted octanol–water partition coefficient (Wildman–Crippen LogP) is 0.504. The highest BCUT2D eigenvalue weighted by Gasteiger charge is 2.37. The predicted molar refractivity (Wildman–Crippen MR) is 68.1 cm³/mol. The van der Waals surface area contributed by atoms with Crippen molar-refractivity contribution in [3.05, 3.63) is 0 Å². The number of hydrogen-bond donors (Lipinski definition) is 1. The second-order valence-electron chi connectivity index (χ2n) is 5.33. The molecule has 1 fully saturated rings. The number of hydrogen-bond acceptors (Lipinski definition) is 4. The molecule has 0 aromatic rings. The Kier molecular flexibility index (Phi) is 4.74. The van der Waals surface area contributed by atoms with Crippen LogP contribution in [0.3, 0.4) is 0 Å². The maximum atomic E-state index is 12.2. The van der Waals surface area contributed by atoms with Crippen LogP contribution in [0.1, 0.15) is 33.6 Å². The SMILES string of the molecule is COC(=O)C(C)(C)NS(=O)(=O)N1CCCC(C)C1. The molecule has 1 atom stereocenters.